The number of carbonyl (C=O) groups is 2. The molecule has 2 aliphatic rings. The van der Waals surface area contributed by atoms with E-state index in [9.17, 15) is 9.59 Å². The van der Waals surface area contributed by atoms with Crippen molar-refractivity contribution < 1.29 is 9.59 Å². The first-order valence-electron chi connectivity index (χ1n) is 14.1. The van der Waals surface area contributed by atoms with Crippen LogP contribution in [0.2, 0.25) is 0 Å². The predicted molar refractivity (Wildman–Crippen MR) is 146 cm³/mol. The highest BCUT2D eigenvalue weighted by molar-refractivity contribution is 5.94. The molecule has 2 aromatic rings. The molecule has 0 N–H and O–H groups in total. The summed E-state index contributed by atoms with van der Waals surface area (Å²) in [6, 6.07) is 8.85. The highest BCUT2D eigenvalue weighted by atomic mass is 16.2. The number of aromatic nitrogens is 3. The average molecular weight is 509 g/mol. The van der Waals surface area contributed by atoms with Crippen LogP contribution >= 0.6 is 0 Å². The Balaban J connectivity index is 1.72. The number of aryl methyl sites for hydroxylation is 2. The number of rotatable bonds is 6. The number of fused-ring (bicyclic) bond motifs is 3. The number of anilines is 1. The van der Waals surface area contributed by atoms with Crippen molar-refractivity contribution in [2.24, 2.45) is 5.92 Å². The maximum atomic E-state index is 13.8. The number of hydrogen-bond donors (Lipinski definition) is 0. The molecule has 0 aliphatic carbocycles. The third-order valence-electron chi connectivity index (χ3n) is 7.94. The normalized spacial score (nSPS) is 21.0. The van der Waals surface area contributed by atoms with Crippen LogP contribution in [0.5, 0.6) is 0 Å². The summed E-state index contributed by atoms with van der Waals surface area (Å²) >= 11 is 0. The molecular formula is C29H44N6O2. The third kappa shape index (κ3) is 6.58. The Hall–Kier alpha value is -2.74. The van der Waals surface area contributed by atoms with Gasteiger partial charge in [0.1, 0.15) is 18.2 Å². The first-order chi connectivity index (χ1) is 17.8. The van der Waals surface area contributed by atoms with Gasteiger partial charge in [0.25, 0.3) is 0 Å². The highest BCUT2D eigenvalue weighted by Gasteiger charge is 2.34. The van der Waals surface area contributed by atoms with Gasteiger partial charge in [-0.05, 0) is 63.6 Å². The van der Waals surface area contributed by atoms with Gasteiger partial charge in [-0.1, -0.05) is 45.4 Å². The zero-order valence-corrected chi connectivity index (χ0v) is 23.3. The van der Waals surface area contributed by atoms with Crippen molar-refractivity contribution in [3.8, 4) is 0 Å². The Kier molecular flexibility index (Phi) is 9.00. The van der Waals surface area contributed by atoms with Gasteiger partial charge in [-0.3, -0.25) is 14.5 Å². The minimum absolute atomic E-state index is 0.0429. The molecule has 4 rings (SSSR count). The fraction of sp³-hybridized carbons (Fsp3) is 0.655. The van der Waals surface area contributed by atoms with Crippen molar-refractivity contribution in [1.82, 2.24) is 24.6 Å². The van der Waals surface area contributed by atoms with Gasteiger partial charge in [0.15, 0.2) is 0 Å². The predicted octanol–water partition coefficient (Wildman–Crippen LogP) is 4.34. The summed E-state index contributed by atoms with van der Waals surface area (Å²) in [6.45, 7) is 13.3. The molecule has 1 saturated heterocycles. The standard InChI is InChI=1S/C29H44N6O2/c1-6-28(36)34-17-15-25-11-9-12-26(33(25)16-14-21(2)3)19-32(18-24-10-7-8-13-27(24)34)29(37)20-35-23(5)30-22(4)31-35/h7-8,10,13,21,25-26H,6,9,11-12,14-20H2,1-5H3. The van der Waals surface area contributed by atoms with Gasteiger partial charge in [-0.15, -0.1) is 0 Å². The lowest BCUT2D eigenvalue weighted by Gasteiger charge is -2.44. The number of benzene rings is 1. The van der Waals surface area contributed by atoms with E-state index >= 15 is 0 Å². The van der Waals surface area contributed by atoms with Crippen LogP contribution in [0.15, 0.2) is 24.3 Å². The average Bonchev–Trinajstić information content (AvgIpc) is 3.18. The summed E-state index contributed by atoms with van der Waals surface area (Å²) in [5.74, 6) is 2.23. The van der Waals surface area contributed by atoms with Crippen LogP contribution in [0.25, 0.3) is 0 Å². The second-order valence-electron chi connectivity index (χ2n) is 11.1. The molecule has 1 fully saturated rings. The summed E-state index contributed by atoms with van der Waals surface area (Å²) in [6.07, 6.45) is 5.96. The summed E-state index contributed by atoms with van der Waals surface area (Å²) < 4.78 is 1.71. The molecule has 0 spiro atoms. The topological polar surface area (TPSA) is 74.6 Å². The minimum Gasteiger partial charge on any atom is -0.335 e. The molecule has 2 unspecified atom stereocenters. The maximum Gasteiger partial charge on any atom is 0.244 e. The first kappa shape index (κ1) is 27.3. The zero-order chi connectivity index (χ0) is 26.5. The second-order valence-corrected chi connectivity index (χ2v) is 11.1. The van der Waals surface area contributed by atoms with Gasteiger partial charge in [-0.2, -0.15) is 5.10 Å². The molecule has 2 aliphatic heterocycles. The van der Waals surface area contributed by atoms with Crippen LogP contribution in [-0.4, -0.2) is 68.1 Å². The fourth-order valence-electron chi connectivity index (χ4n) is 5.91. The van der Waals surface area contributed by atoms with E-state index in [1.807, 2.05) is 48.8 Å². The van der Waals surface area contributed by atoms with Crippen LogP contribution in [0.3, 0.4) is 0 Å². The molecule has 37 heavy (non-hydrogen) atoms. The number of amides is 2. The molecule has 1 aromatic heterocycles. The molecule has 2 atom stereocenters. The Morgan fingerprint density at radius 2 is 1.81 bits per heavy atom. The van der Waals surface area contributed by atoms with Gasteiger partial charge in [0.2, 0.25) is 11.8 Å². The smallest absolute Gasteiger partial charge is 0.244 e. The number of hydrogen-bond acceptors (Lipinski definition) is 5. The largest absolute Gasteiger partial charge is 0.335 e. The highest BCUT2D eigenvalue weighted by Crippen LogP contribution is 2.31. The van der Waals surface area contributed by atoms with Gasteiger partial charge in [-0.25, -0.2) is 9.67 Å². The van der Waals surface area contributed by atoms with Crippen molar-refractivity contribution in [2.75, 3.05) is 24.5 Å². The summed E-state index contributed by atoms with van der Waals surface area (Å²) in [5.41, 5.74) is 1.96. The van der Waals surface area contributed by atoms with Crippen LogP contribution in [0, 0.1) is 19.8 Å². The Labute approximate surface area is 222 Å². The molecule has 3 heterocycles. The number of para-hydroxylation sites is 1. The van der Waals surface area contributed by atoms with E-state index in [4.69, 9.17) is 0 Å². The van der Waals surface area contributed by atoms with E-state index < -0.39 is 0 Å². The molecule has 1 aromatic carbocycles. The molecule has 0 saturated carbocycles. The van der Waals surface area contributed by atoms with Crippen LogP contribution in [0.4, 0.5) is 5.69 Å². The number of carbonyl (C=O) groups excluding carboxylic acids is 2. The Bertz CT molecular complexity index is 1080. The quantitative estimate of drug-likeness (QED) is 0.580. The van der Waals surface area contributed by atoms with E-state index in [1.54, 1.807) is 4.68 Å². The zero-order valence-electron chi connectivity index (χ0n) is 23.3. The van der Waals surface area contributed by atoms with E-state index in [0.717, 1.165) is 55.7 Å². The molecular weight excluding hydrogens is 464 g/mol. The maximum absolute atomic E-state index is 13.8. The molecule has 202 valence electrons. The Morgan fingerprint density at radius 3 is 2.51 bits per heavy atom. The van der Waals surface area contributed by atoms with E-state index in [1.165, 1.54) is 0 Å². The summed E-state index contributed by atoms with van der Waals surface area (Å²) in [7, 11) is 0. The Morgan fingerprint density at radius 1 is 1.05 bits per heavy atom. The lowest BCUT2D eigenvalue weighted by atomic mass is 9.92. The lowest BCUT2D eigenvalue weighted by Crippen LogP contribution is -2.53. The van der Waals surface area contributed by atoms with Crippen LogP contribution in [0.1, 0.15) is 76.5 Å². The SMILES string of the molecule is CCC(=O)N1CCC2CCCC(CN(C(=O)Cn3nc(C)nc3C)Cc3ccccc31)N2CCC(C)C. The van der Waals surface area contributed by atoms with Crippen molar-refractivity contribution in [1.29, 1.82) is 0 Å². The van der Waals surface area contributed by atoms with E-state index in [0.29, 0.717) is 49.9 Å². The van der Waals surface area contributed by atoms with Gasteiger partial charge < -0.3 is 9.80 Å². The second kappa shape index (κ2) is 12.2. The van der Waals surface area contributed by atoms with Crippen molar-refractivity contribution in [3.63, 3.8) is 0 Å². The number of piperidine rings is 1. The molecule has 2 bridgehead atoms. The van der Waals surface area contributed by atoms with Crippen molar-refractivity contribution in [3.05, 3.63) is 41.5 Å². The van der Waals surface area contributed by atoms with E-state index in [-0.39, 0.29) is 18.4 Å². The molecule has 0 radical (unpaired) electrons. The summed E-state index contributed by atoms with van der Waals surface area (Å²) in [4.78, 5) is 38.0. The molecule has 8 nitrogen and oxygen atoms in total. The fourth-order valence-corrected chi connectivity index (χ4v) is 5.91. The monoisotopic (exact) mass is 508 g/mol. The van der Waals surface area contributed by atoms with Gasteiger partial charge in [0.05, 0.1) is 0 Å². The van der Waals surface area contributed by atoms with Gasteiger partial charge in [0, 0.05) is 43.8 Å². The lowest BCUT2D eigenvalue weighted by molar-refractivity contribution is -0.134. The molecule has 8 heteroatoms. The minimum atomic E-state index is 0.0429. The van der Waals surface area contributed by atoms with Crippen molar-refractivity contribution in [2.45, 2.75) is 98.3 Å². The molecule has 2 amide bonds. The third-order valence-corrected chi connectivity index (χ3v) is 7.94. The van der Waals surface area contributed by atoms with Gasteiger partial charge >= 0.3 is 0 Å². The van der Waals surface area contributed by atoms with Crippen LogP contribution < -0.4 is 4.90 Å². The summed E-state index contributed by atoms with van der Waals surface area (Å²) in [5, 5.41) is 4.45. The van der Waals surface area contributed by atoms with Crippen LogP contribution in [-0.2, 0) is 22.7 Å². The van der Waals surface area contributed by atoms with Crippen molar-refractivity contribution >= 4 is 17.5 Å². The first-order valence-corrected chi connectivity index (χ1v) is 14.1. The number of nitrogens with zero attached hydrogens (tertiary/aromatic N) is 6. The van der Waals surface area contributed by atoms with E-state index in [2.05, 4.69) is 34.9 Å².